The Kier molecular flexibility index (Phi) is 3.28. The number of hydrogen-bond donors (Lipinski definition) is 1. The van der Waals surface area contributed by atoms with Gasteiger partial charge in [-0.05, 0) is 23.3 Å². The van der Waals surface area contributed by atoms with Crippen LogP contribution >= 0.6 is 23.2 Å². The average Bonchev–Trinajstić information content (AvgIpc) is 2.29. The number of halogens is 2. The van der Waals surface area contributed by atoms with Gasteiger partial charge in [-0.15, -0.1) is 0 Å². The van der Waals surface area contributed by atoms with Crippen molar-refractivity contribution in [2.45, 2.75) is 0 Å². The van der Waals surface area contributed by atoms with E-state index in [1.54, 1.807) is 0 Å². The Bertz CT molecular complexity index is 535. The summed E-state index contributed by atoms with van der Waals surface area (Å²) in [6, 6.07) is 15.0. The lowest BCUT2D eigenvalue weighted by molar-refractivity contribution is 1.51. The molecule has 2 rings (SSSR count). The molecule has 1 nitrogen and oxygen atoms in total. The van der Waals surface area contributed by atoms with E-state index in [1.807, 2.05) is 48.5 Å². The lowest BCUT2D eigenvalue weighted by Gasteiger charge is -2.07. The molecule has 0 aromatic heterocycles. The highest BCUT2D eigenvalue weighted by Gasteiger charge is 2.07. The van der Waals surface area contributed by atoms with Crippen molar-refractivity contribution >= 4 is 28.4 Å². The zero-order chi connectivity index (χ0) is 11.5. The van der Waals surface area contributed by atoms with Gasteiger partial charge in [0, 0.05) is 10.6 Å². The van der Waals surface area contributed by atoms with E-state index in [0.29, 0.717) is 10.6 Å². The van der Waals surface area contributed by atoms with Gasteiger partial charge in [0.05, 0.1) is 0 Å². The van der Waals surface area contributed by atoms with Gasteiger partial charge in [0.1, 0.15) is 5.17 Å². The van der Waals surface area contributed by atoms with Crippen molar-refractivity contribution in [3.05, 3.63) is 59.1 Å². The van der Waals surface area contributed by atoms with Crippen molar-refractivity contribution in [1.82, 2.24) is 0 Å². The summed E-state index contributed by atoms with van der Waals surface area (Å²) in [5.41, 5.74) is 2.60. The summed E-state index contributed by atoms with van der Waals surface area (Å²) < 4.78 is 0. The van der Waals surface area contributed by atoms with E-state index >= 15 is 0 Å². The lowest BCUT2D eigenvalue weighted by Crippen LogP contribution is -1.92. The summed E-state index contributed by atoms with van der Waals surface area (Å²) in [5, 5.41) is 8.22. The normalized spacial score (nSPS) is 10.1. The zero-order valence-corrected chi connectivity index (χ0v) is 9.89. The molecule has 3 heteroatoms. The summed E-state index contributed by atoms with van der Waals surface area (Å²) in [7, 11) is 0. The fourth-order valence-electron chi connectivity index (χ4n) is 1.58. The first-order chi connectivity index (χ1) is 7.68. The number of benzene rings is 2. The van der Waals surface area contributed by atoms with E-state index in [9.17, 15) is 0 Å². The van der Waals surface area contributed by atoms with Crippen molar-refractivity contribution in [2.75, 3.05) is 0 Å². The molecule has 0 fully saturated rings. The van der Waals surface area contributed by atoms with Crippen LogP contribution in [0.2, 0.25) is 5.02 Å². The predicted molar refractivity (Wildman–Crippen MR) is 69.6 cm³/mol. The van der Waals surface area contributed by atoms with Gasteiger partial charge in [-0.25, -0.2) is 0 Å². The van der Waals surface area contributed by atoms with Crippen LogP contribution in [0.3, 0.4) is 0 Å². The van der Waals surface area contributed by atoms with Crippen LogP contribution in [0.25, 0.3) is 11.1 Å². The minimum absolute atomic E-state index is 0.0376. The summed E-state index contributed by atoms with van der Waals surface area (Å²) in [4.78, 5) is 0. The standard InChI is InChI=1S/C13H9Cl2N/c14-10-5-3-4-9(8-10)11-6-1-2-7-12(11)13(15)16/h1-8,16H. The van der Waals surface area contributed by atoms with Crippen molar-refractivity contribution < 1.29 is 0 Å². The van der Waals surface area contributed by atoms with Gasteiger partial charge in [0.25, 0.3) is 0 Å². The van der Waals surface area contributed by atoms with Gasteiger partial charge in [-0.2, -0.15) is 0 Å². The van der Waals surface area contributed by atoms with E-state index in [4.69, 9.17) is 28.6 Å². The van der Waals surface area contributed by atoms with Gasteiger partial charge < -0.3 is 0 Å². The van der Waals surface area contributed by atoms with Crippen LogP contribution < -0.4 is 0 Å². The maximum Gasteiger partial charge on any atom is 0.128 e. The molecule has 0 spiro atoms. The van der Waals surface area contributed by atoms with Crippen molar-refractivity contribution in [1.29, 1.82) is 5.41 Å². The van der Waals surface area contributed by atoms with Crippen LogP contribution in [0, 0.1) is 5.41 Å². The molecule has 0 unspecified atom stereocenters. The molecule has 0 heterocycles. The second-order valence-corrected chi connectivity index (χ2v) is 4.18. The van der Waals surface area contributed by atoms with Crippen molar-refractivity contribution in [3.8, 4) is 11.1 Å². The Morgan fingerprint density at radius 3 is 2.44 bits per heavy atom. The van der Waals surface area contributed by atoms with Gasteiger partial charge >= 0.3 is 0 Å². The highest BCUT2D eigenvalue weighted by molar-refractivity contribution is 6.69. The van der Waals surface area contributed by atoms with Gasteiger partial charge in [0.15, 0.2) is 0 Å². The Hall–Kier alpha value is -1.31. The van der Waals surface area contributed by atoms with Crippen LogP contribution in [0.4, 0.5) is 0 Å². The first kappa shape index (κ1) is 11.2. The molecule has 0 aliphatic heterocycles. The van der Waals surface area contributed by atoms with E-state index in [1.165, 1.54) is 0 Å². The average molecular weight is 250 g/mol. The second kappa shape index (κ2) is 4.69. The largest absolute Gasteiger partial charge is 0.289 e. The summed E-state index contributed by atoms with van der Waals surface area (Å²) in [5.74, 6) is 0. The van der Waals surface area contributed by atoms with Crippen LogP contribution in [-0.2, 0) is 0 Å². The maximum absolute atomic E-state index is 7.51. The van der Waals surface area contributed by atoms with Gasteiger partial charge in [-0.1, -0.05) is 59.6 Å². The first-order valence-corrected chi connectivity index (χ1v) is 5.53. The lowest BCUT2D eigenvalue weighted by atomic mass is 10.0. The molecule has 2 aromatic rings. The molecular formula is C13H9Cl2N. The summed E-state index contributed by atoms with van der Waals surface area (Å²) >= 11 is 11.7. The van der Waals surface area contributed by atoms with E-state index in [0.717, 1.165) is 11.1 Å². The fraction of sp³-hybridized carbons (Fsp3) is 0. The summed E-state index contributed by atoms with van der Waals surface area (Å²) in [6.45, 7) is 0. The highest BCUT2D eigenvalue weighted by Crippen LogP contribution is 2.26. The molecule has 2 aromatic carbocycles. The zero-order valence-electron chi connectivity index (χ0n) is 8.37. The van der Waals surface area contributed by atoms with E-state index in [-0.39, 0.29) is 5.17 Å². The summed E-state index contributed by atoms with van der Waals surface area (Å²) in [6.07, 6.45) is 0. The fourth-order valence-corrected chi connectivity index (χ4v) is 1.94. The molecule has 0 bridgehead atoms. The molecular weight excluding hydrogens is 241 g/mol. The third kappa shape index (κ3) is 2.26. The molecule has 0 radical (unpaired) electrons. The van der Waals surface area contributed by atoms with Crippen molar-refractivity contribution in [2.24, 2.45) is 0 Å². The smallest absolute Gasteiger partial charge is 0.128 e. The Labute approximate surface area is 104 Å². The monoisotopic (exact) mass is 249 g/mol. The van der Waals surface area contributed by atoms with Gasteiger partial charge in [-0.3, -0.25) is 5.41 Å². The molecule has 0 amide bonds. The number of rotatable bonds is 2. The number of nitrogens with one attached hydrogen (secondary N) is 1. The topological polar surface area (TPSA) is 23.9 Å². The Morgan fingerprint density at radius 2 is 1.75 bits per heavy atom. The molecule has 16 heavy (non-hydrogen) atoms. The molecule has 1 N–H and O–H groups in total. The first-order valence-electron chi connectivity index (χ1n) is 4.78. The Balaban J connectivity index is 2.60. The van der Waals surface area contributed by atoms with Gasteiger partial charge in [0.2, 0.25) is 0 Å². The van der Waals surface area contributed by atoms with Crippen LogP contribution in [0.15, 0.2) is 48.5 Å². The van der Waals surface area contributed by atoms with E-state index in [2.05, 4.69) is 0 Å². The SMILES string of the molecule is N=C(Cl)c1ccccc1-c1cccc(Cl)c1. The quantitative estimate of drug-likeness (QED) is 0.755. The van der Waals surface area contributed by atoms with Crippen molar-refractivity contribution in [3.63, 3.8) is 0 Å². The Morgan fingerprint density at radius 1 is 1.00 bits per heavy atom. The molecule has 0 aliphatic rings. The third-order valence-electron chi connectivity index (χ3n) is 2.30. The molecule has 0 saturated heterocycles. The molecule has 0 aliphatic carbocycles. The minimum Gasteiger partial charge on any atom is -0.289 e. The molecule has 80 valence electrons. The second-order valence-electron chi connectivity index (χ2n) is 3.37. The number of hydrogen-bond acceptors (Lipinski definition) is 1. The van der Waals surface area contributed by atoms with E-state index < -0.39 is 0 Å². The van der Waals surface area contributed by atoms with Crippen LogP contribution in [-0.4, -0.2) is 5.17 Å². The van der Waals surface area contributed by atoms with Crippen LogP contribution in [0.1, 0.15) is 5.56 Å². The molecule has 0 saturated carbocycles. The maximum atomic E-state index is 7.51. The predicted octanol–water partition coefficient (Wildman–Crippen LogP) is 4.57. The molecule has 0 atom stereocenters. The minimum atomic E-state index is 0.0376. The highest BCUT2D eigenvalue weighted by atomic mass is 35.5. The third-order valence-corrected chi connectivity index (χ3v) is 2.74. The van der Waals surface area contributed by atoms with Crippen LogP contribution in [0.5, 0.6) is 0 Å².